The number of ether oxygens (including phenoxy) is 1. The van der Waals surface area contributed by atoms with Gasteiger partial charge in [0.1, 0.15) is 11.6 Å². The minimum absolute atomic E-state index is 0.0727. The molecule has 140 valence electrons. The fraction of sp³-hybridized carbons (Fsp3) is 0.250. The van der Waals surface area contributed by atoms with Crippen LogP contribution in [0.5, 0.6) is 0 Å². The van der Waals surface area contributed by atoms with E-state index in [0.717, 1.165) is 23.4 Å². The molecule has 1 amide bonds. The lowest BCUT2D eigenvalue weighted by molar-refractivity contribution is -0.116. The monoisotopic (exact) mass is 373 g/mol. The third kappa shape index (κ3) is 3.72. The molecule has 0 saturated heterocycles. The minimum atomic E-state index is -1.15. The summed E-state index contributed by atoms with van der Waals surface area (Å²) in [6, 6.07) is 7.40. The van der Waals surface area contributed by atoms with Gasteiger partial charge in [-0.05, 0) is 49.2 Å². The van der Waals surface area contributed by atoms with Gasteiger partial charge in [-0.15, -0.1) is 0 Å². The molecule has 2 aromatic carbocycles. The first-order valence-electron chi connectivity index (χ1n) is 8.39. The molecule has 0 aromatic heterocycles. The minimum Gasteiger partial charge on any atom is -0.451 e. The van der Waals surface area contributed by atoms with Gasteiger partial charge < -0.3 is 9.64 Å². The molecule has 0 spiro atoms. The smallest absolute Gasteiger partial charge is 0.341 e. The number of halogens is 2. The summed E-state index contributed by atoms with van der Waals surface area (Å²) in [5, 5.41) is 0. The van der Waals surface area contributed by atoms with E-state index in [1.54, 1.807) is 23.1 Å². The molecule has 7 heteroatoms. The van der Waals surface area contributed by atoms with Crippen LogP contribution >= 0.6 is 0 Å². The van der Waals surface area contributed by atoms with E-state index in [4.69, 9.17) is 4.74 Å². The van der Waals surface area contributed by atoms with Crippen LogP contribution in [0.15, 0.2) is 36.4 Å². The Bertz CT molecular complexity index is 942. The summed E-state index contributed by atoms with van der Waals surface area (Å²) >= 11 is 0. The molecular formula is C20H17F2NO4. The molecule has 1 unspecified atom stereocenters. The van der Waals surface area contributed by atoms with Crippen LogP contribution in [0.4, 0.5) is 14.5 Å². The summed E-state index contributed by atoms with van der Waals surface area (Å²) in [6.45, 7) is 3.41. The molecule has 1 aliphatic rings. The molecule has 0 saturated carbocycles. The Hall–Kier alpha value is -3.09. The highest BCUT2D eigenvalue weighted by Gasteiger charge is 2.26. The number of nitrogens with zero attached hydrogens (tertiary/aromatic N) is 1. The molecule has 5 nitrogen and oxygen atoms in total. The first-order valence-corrected chi connectivity index (χ1v) is 8.39. The number of amides is 1. The fourth-order valence-corrected chi connectivity index (χ4v) is 3.05. The molecule has 1 aliphatic heterocycles. The topological polar surface area (TPSA) is 63.7 Å². The second-order valence-electron chi connectivity index (χ2n) is 6.30. The second kappa shape index (κ2) is 7.26. The van der Waals surface area contributed by atoms with E-state index in [-0.39, 0.29) is 5.91 Å². The first-order chi connectivity index (χ1) is 12.8. The van der Waals surface area contributed by atoms with E-state index >= 15 is 0 Å². The van der Waals surface area contributed by atoms with Gasteiger partial charge >= 0.3 is 5.97 Å². The standard InChI is InChI=1S/C20H17F2NO4/c1-11(27-20(26)16-5-4-15(21)10-17(16)22)19(25)14-3-6-18-13(9-14)7-8-23(18)12(2)24/h3-6,9-11H,7-8H2,1-2H3. The van der Waals surface area contributed by atoms with Gasteiger partial charge in [-0.3, -0.25) is 9.59 Å². The largest absolute Gasteiger partial charge is 0.451 e. The van der Waals surface area contributed by atoms with E-state index in [0.29, 0.717) is 24.6 Å². The molecule has 0 aliphatic carbocycles. The number of ketones is 1. The summed E-state index contributed by atoms with van der Waals surface area (Å²) in [4.78, 5) is 37.8. The van der Waals surface area contributed by atoms with Crippen LogP contribution < -0.4 is 4.90 Å². The number of hydrogen-bond acceptors (Lipinski definition) is 4. The van der Waals surface area contributed by atoms with Crippen molar-refractivity contribution in [1.29, 1.82) is 0 Å². The number of carbonyl (C=O) groups excluding carboxylic acids is 3. The number of fused-ring (bicyclic) bond motifs is 1. The lowest BCUT2D eigenvalue weighted by atomic mass is 10.0. The molecule has 27 heavy (non-hydrogen) atoms. The Balaban J connectivity index is 1.74. The summed E-state index contributed by atoms with van der Waals surface area (Å²) in [5.74, 6) is -3.43. The predicted octanol–water partition coefficient (Wildman–Crippen LogP) is 3.30. The zero-order valence-electron chi connectivity index (χ0n) is 14.8. The maximum absolute atomic E-state index is 13.7. The van der Waals surface area contributed by atoms with E-state index in [1.165, 1.54) is 13.8 Å². The molecule has 1 heterocycles. The van der Waals surface area contributed by atoms with Crippen molar-refractivity contribution in [2.24, 2.45) is 0 Å². The fourth-order valence-electron chi connectivity index (χ4n) is 3.05. The molecule has 0 bridgehead atoms. The van der Waals surface area contributed by atoms with Crippen molar-refractivity contribution in [1.82, 2.24) is 0 Å². The molecular weight excluding hydrogens is 356 g/mol. The van der Waals surface area contributed by atoms with Crippen molar-refractivity contribution in [2.45, 2.75) is 26.4 Å². The SMILES string of the molecule is CC(=O)N1CCc2cc(C(=O)C(C)OC(=O)c3ccc(F)cc3F)ccc21. The van der Waals surface area contributed by atoms with Crippen molar-refractivity contribution in [3.8, 4) is 0 Å². The van der Waals surface area contributed by atoms with Crippen LogP contribution in [0.2, 0.25) is 0 Å². The Labute approximate surface area is 154 Å². The van der Waals surface area contributed by atoms with E-state index < -0.39 is 35.1 Å². The van der Waals surface area contributed by atoms with Crippen LogP contribution in [0, 0.1) is 11.6 Å². The van der Waals surface area contributed by atoms with Crippen molar-refractivity contribution < 1.29 is 27.9 Å². The number of rotatable bonds is 4. The predicted molar refractivity (Wildman–Crippen MR) is 93.7 cm³/mol. The lowest BCUT2D eigenvalue weighted by Gasteiger charge is -2.16. The summed E-state index contributed by atoms with van der Waals surface area (Å²) in [5.41, 5.74) is 1.51. The van der Waals surface area contributed by atoms with Crippen molar-refractivity contribution in [3.63, 3.8) is 0 Å². The molecule has 2 aromatic rings. The van der Waals surface area contributed by atoms with Crippen LogP contribution in [-0.4, -0.2) is 30.3 Å². The summed E-state index contributed by atoms with van der Waals surface area (Å²) in [7, 11) is 0. The van der Waals surface area contributed by atoms with Gasteiger partial charge in [0.25, 0.3) is 0 Å². The van der Waals surface area contributed by atoms with E-state index in [9.17, 15) is 23.2 Å². The van der Waals surface area contributed by atoms with Crippen molar-refractivity contribution in [2.75, 3.05) is 11.4 Å². The van der Waals surface area contributed by atoms with Crippen molar-refractivity contribution >= 4 is 23.3 Å². The number of Topliss-reactive ketones (excluding diaryl/α,β-unsaturated/α-hetero) is 1. The Morgan fingerprint density at radius 1 is 1.11 bits per heavy atom. The number of hydrogen-bond donors (Lipinski definition) is 0. The average molecular weight is 373 g/mol. The van der Waals surface area contributed by atoms with Gasteiger partial charge in [-0.1, -0.05) is 0 Å². The normalized spacial score (nSPS) is 13.9. The van der Waals surface area contributed by atoms with Gasteiger partial charge in [0.2, 0.25) is 11.7 Å². The Kier molecular flexibility index (Phi) is 5.03. The van der Waals surface area contributed by atoms with Crippen molar-refractivity contribution in [3.05, 3.63) is 64.7 Å². The first kappa shape index (κ1) is 18.7. The van der Waals surface area contributed by atoms with Crippen LogP contribution in [0.3, 0.4) is 0 Å². The Morgan fingerprint density at radius 3 is 2.52 bits per heavy atom. The van der Waals surface area contributed by atoms with E-state index in [2.05, 4.69) is 0 Å². The highest BCUT2D eigenvalue weighted by atomic mass is 19.1. The highest BCUT2D eigenvalue weighted by molar-refractivity contribution is 6.02. The molecule has 1 atom stereocenters. The quantitative estimate of drug-likeness (QED) is 0.609. The van der Waals surface area contributed by atoms with E-state index in [1.807, 2.05) is 0 Å². The maximum Gasteiger partial charge on any atom is 0.341 e. The van der Waals surface area contributed by atoms with Gasteiger partial charge in [-0.25, -0.2) is 13.6 Å². The number of anilines is 1. The maximum atomic E-state index is 13.7. The summed E-state index contributed by atoms with van der Waals surface area (Å²) < 4.78 is 31.6. The average Bonchev–Trinajstić information content (AvgIpc) is 3.04. The van der Waals surface area contributed by atoms with Crippen LogP contribution in [0.1, 0.15) is 40.1 Å². The number of benzene rings is 2. The van der Waals surface area contributed by atoms with Gasteiger partial charge in [-0.2, -0.15) is 0 Å². The summed E-state index contributed by atoms with van der Waals surface area (Å²) in [6.07, 6.45) is -0.518. The molecule has 0 N–H and O–H groups in total. The lowest BCUT2D eigenvalue weighted by Crippen LogP contribution is -2.26. The zero-order chi connectivity index (χ0) is 19.7. The van der Waals surface area contributed by atoms with Gasteiger partial charge in [0.05, 0.1) is 5.56 Å². The third-order valence-corrected chi connectivity index (χ3v) is 4.44. The zero-order valence-corrected chi connectivity index (χ0v) is 14.8. The Morgan fingerprint density at radius 2 is 1.85 bits per heavy atom. The van der Waals surface area contributed by atoms with Gasteiger partial charge in [0.15, 0.2) is 6.10 Å². The molecule has 0 radical (unpaired) electrons. The highest BCUT2D eigenvalue weighted by Crippen LogP contribution is 2.29. The number of esters is 1. The van der Waals surface area contributed by atoms with Gasteiger partial charge in [0, 0.05) is 30.8 Å². The third-order valence-electron chi connectivity index (χ3n) is 4.44. The number of carbonyl (C=O) groups is 3. The second-order valence-corrected chi connectivity index (χ2v) is 6.30. The molecule has 3 rings (SSSR count). The van der Waals surface area contributed by atoms with Crippen LogP contribution in [0.25, 0.3) is 0 Å². The van der Waals surface area contributed by atoms with Crippen LogP contribution in [-0.2, 0) is 16.0 Å². The molecule has 0 fully saturated rings.